The average molecular weight is 246 g/mol. The smallest absolute Gasteiger partial charge is 0.417 e. The maximum absolute atomic E-state index is 11.3. The topological polar surface area (TPSA) is 83.8 Å². The quantitative estimate of drug-likeness (QED) is 0.594. The minimum Gasteiger partial charge on any atom is -0.464 e. The highest BCUT2D eigenvalue weighted by Gasteiger charge is 2.16. The van der Waals surface area contributed by atoms with Gasteiger partial charge in [0.25, 0.3) is 0 Å². The third-order valence-corrected chi connectivity index (χ3v) is 2.67. The minimum atomic E-state index is -1.11. The molecule has 3 aromatic rings. The van der Waals surface area contributed by atoms with Gasteiger partial charge in [-0.1, -0.05) is 18.2 Å². The van der Waals surface area contributed by atoms with Crippen molar-refractivity contribution in [1.82, 2.24) is 19.7 Å². The Kier molecular flexibility index (Phi) is 1.96. The fraction of sp³-hybridized carbons (Fsp3) is 0. The van der Waals surface area contributed by atoms with Gasteiger partial charge in [-0.05, 0) is 18.3 Å². The number of carbonyl (C=O) groups is 1. The number of fused-ring (bicyclic) bond motifs is 3. The van der Waals surface area contributed by atoms with Gasteiger partial charge >= 0.3 is 6.09 Å². The van der Waals surface area contributed by atoms with Crippen molar-refractivity contribution in [1.29, 1.82) is 0 Å². The summed E-state index contributed by atoms with van der Waals surface area (Å²) in [4.78, 5) is 15.3. The highest BCUT2D eigenvalue weighted by molar-refractivity contribution is 7.71. The van der Waals surface area contributed by atoms with Crippen LogP contribution in [0.1, 0.15) is 0 Å². The molecule has 0 spiro atoms. The lowest BCUT2D eigenvalue weighted by Crippen LogP contribution is -2.08. The van der Waals surface area contributed by atoms with Crippen LogP contribution in [0.5, 0.6) is 0 Å². The Labute approximate surface area is 99.5 Å². The van der Waals surface area contributed by atoms with Crippen molar-refractivity contribution in [2.75, 3.05) is 0 Å². The summed E-state index contributed by atoms with van der Waals surface area (Å²) in [6.07, 6.45) is -1.11. The molecular formula is C10H6N4O2S. The van der Waals surface area contributed by atoms with Gasteiger partial charge in [0.2, 0.25) is 4.77 Å². The van der Waals surface area contributed by atoms with Crippen LogP contribution in [0, 0.1) is 4.77 Å². The van der Waals surface area contributed by atoms with Gasteiger partial charge < -0.3 is 5.11 Å². The van der Waals surface area contributed by atoms with Crippen LogP contribution < -0.4 is 0 Å². The fourth-order valence-electron chi connectivity index (χ4n) is 1.84. The Balaban J connectivity index is 2.67. The molecule has 0 fully saturated rings. The second-order valence-corrected chi connectivity index (χ2v) is 3.83. The van der Waals surface area contributed by atoms with Gasteiger partial charge in [-0.25, -0.2) is 9.36 Å². The molecule has 0 atom stereocenters. The summed E-state index contributed by atoms with van der Waals surface area (Å²) in [5.74, 6) is 0. The summed E-state index contributed by atoms with van der Waals surface area (Å²) in [5, 5.41) is 16.5. The van der Waals surface area contributed by atoms with Gasteiger partial charge in [-0.2, -0.15) is 10.1 Å². The summed E-state index contributed by atoms with van der Waals surface area (Å²) < 4.78 is 1.24. The number of hydrogen-bond acceptors (Lipinski definition) is 4. The van der Waals surface area contributed by atoms with Crippen LogP contribution in [0.3, 0.4) is 0 Å². The van der Waals surface area contributed by atoms with E-state index in [0.717, 1.165) is 9.95 Å². The standard InChI is InChI=1S/C10H6N4O2S/c15-10(16)14-6-4-2-1-3-5(6)7-8(14)11-9(17)13-12-7/h1-4H,(H,15,16)(H,11,13,17). The molecule has 3 rings (SSSR count). The lowest BCUT2D eigenvalue weighted by atomic mass is 10.2. The molecule has 0 amide bonds. The molecule has 2 aromatic heterocycles. The van der Waals surface area contributed by atoms with E-state index < -0.39 is 6.09 Å². The molecule has 84 valence electrons. The summed E-state index contributed by atoms with van der Waals surface area (Å²) in [6, 6.07) is 7.08. The predicted molar refractivity (Wildman–Crippen MR) is 63.6 cm³/mol. The Morgan fingerprint density at radius 3 is 2.94 bits per heavy atom. The molecule has 0 aliphatic rings. The largest absolute Gasteiger partial charge is 0.464 e. The van der Waals surface area contributed by atoms with Crippen molar-refractivity contribution in [2.45, 2.75) is 0 Å². The first-order valence-electron chi connectivity index (χ1n) is 4.77. The molecule has 2 heterocycles. The normalized spacial score (nSPS) is 11.1. The summed E-state index contributed by atoms with van der Waals surface area (Å²) >= 11 is 4.85. The molecule has 0 radical (unpaired) electrons. The molecule has 0 saturated carbocycles. The SMILES string of the molecule is O=C(O)n1c2ccccc2c2n[nH]c(=S)nc21. The molecule has 17 heavy (non-hydrogen) atoms. The lowest BCUT2D eigenvalue weighted by molar-refractivity contribution is 0.198. The Hall–Kier alpha value is -2.28. The number of benzene rings is 1. The van der Waals surface area contributed by atoms with Crippen LogP contribution in [0.15, 0.2) is 24.3 Å². The number of nitrogens with zero attached hydrogens (tertiary/aromatic N) is 3. The second-order valence-electron chi connectivity index (χ2n) is 3.45. The fourth-order valence-corrected chi connectivity index (χ4v) is 1.97. The van der Waals surface area contributed by atoms with Gasteiger partial charge in [0.15, 0.2) is 5.65 Å². The third-order valence-electron chi connectivity index (χ3n) is 2.49. The van der Waals surface area contributed by atoms with Crippen LogP contribution in [0.2, 0.25) is 0 Å². The summed E-state index contributed by atoms with van der Waals surface area (Å²) in [7, 11) is 0. The highest BCUT2D eigenvalue weighted by atomic mass is 32.1. The molecule has 1 aromatic carbocycles. The molecule has 0 bridgehead atoms. The van der Waals surface area contributed by atoms with Crippen LogP contribution >= 0.6 is 12.2 Å². The molecule has 2 N–H and O–H groups in total. The first kappa shape index (κ1) is 9.91. The molecule has 0 aliphatic carbocycles. The zero-order valence-corrected chi connectivity index (χ0v) is 9.23. The zero-order chi connectivity index (χ0) is 12.0. The first-order chi connectivity index (χ1) is 8.18. The first-order valence-corrected chi connectivity index (χ1v) is 5.18. The maximum atomic E-state index is 11.3. The van der Waals surface area contributed by atoms with E-state index in [1.165, 1.54) is 0 Å². The molecule has 0 saturated heterocycles. The number of rotatable bonds is 0. The predicted octanol–water partition coefficient (Wildman–Crippen LogP) is 2.17. The molecule has 6 nitrogen and oxygen atoms in total. The maximum Gasteiger partial charge on any atom is 0.417 e. The Morgan fingerprint density at radius 2 is 2.18 bits per heavy atom. The minimum absolute atomic E-state index is 0.155. The lowest BCUT2D eigenvalue weighted by Gasteiger charge is -1.97. The van der Waals surface area contributed by atoms with Gasteiger partial charge in [0.1, 0.15) is 5.52 Å². The number of H-pyrrole nitrogens is 1. The number of carboxylic acid groups (broad SMARTS) is 1. The van der Waals surface area contributed by atoms with E-state index in [1.807, 2.05) is 6.07 Å². The van der Waals surface area contributed by atoms with E-state index in [1.54, 1.807) is 18.2 Å². The zero-order valence-electron chi connectivity index (χ0n) is 8.41. The van der Waals surface area contributed by atoms with Crippen molar-refractivity contribution in [3.8, 4) is 0 Å². The van der Waals surface area contributed by atoms with Crippen molar-refractivity contribution < 1.29 is 9.90 Å². The molecular weight excluding hydrogens is 240 g/mol. The summed E-state index contributed by atoms with van der Waals surface area (Å²) in [5.41, 5.74) is 1.29. The molecule has 0 aliphatic heterocycles. The van der Waals surface area contributed by atoms with E-state index in [9.17, 15) is 9.90 Å². The van der Waals surface area contributed by atoms with Crippen LogP contribution in [-0.2, 0) is 0 Å². The van der Waals surface area contributed by atoms with E-state index in [2.05, 4.69) is 15.2 Å². The number of aromatic nitrogens is 4. The van der Waals surface area contributed by atoms with Crippen LogP contribution in [0.25, 0.3) is 22.1 Å². The molecule has 7 heteroatoms. The van der Waals surface area contributed by atoms with E-state index in [-0.39, 0.29) is 10.4 Å². The van der Waals surface area contributed by atoms with Crippen LogP contribution in [-0.4, -0.2) is 30.9 Å². The molecule has 0 unspecified atom stereocenters. The highest BCUT2D eigenvalue weighted by Crippen LogP contribution is 2.24. The van der Waals surface area contributed by atoms with Crippen molar-refractivity contribution in [3.05, 3.63) is 29.0 Å². The van der Waals surface area contributed by atoms with Gasteiger partial charge in [-0.3, -0.25) is 5.10 Å². The van der Waals surface area contributed by atoms with Crippen LogP contribution in [0.4, 0.5) is 4.79 Å². The van der Waals surface area contributed by atoms with Gasteiger partial charge in [-0.15, -0.1) is 0 Å². The number of hydrogen-bond donors (Lipinski definition) is 2. The average Bonchev–Trinajstić information content (AvgIpc) is 2.62. The van der Waals surface area contributed by atoms with E-state index in [0.29, 0.717) is 11.0 Å². The summed E-state index contributed by atoms with van der Waals surface area (Å²) in [6.45, 7) is 0. The van der Waals surface area contributed by atoms with Crippen molar-refractivity contribution in [2.24, 2.45) is 0 Å². The number of para-hydroxylation sites is 1. The number of aromatic amines is 1. The Morgan fingerprint density at radius 1 is 1.41 bits per heavy atom. The Bertz CT molecular complexity index is 805. The van der Waals surface area contributed by atoms with E-state index >= 15 is 0 Å². The second kappa shape index (κ2) is 3.36. The number of nitrogens with one attached hydrogen (secondary N) is 1. The van der Waals surface area contributed by atoms with E-state index in [4.69, 9.17) is 12.2 Å². The van der Waals surface area contributed by atoms with Gasteiger partial charge in [0.05, 0.1) is 5.52 Å². The van der Waals surface area contributed by atoms with Crippen molar-refractivity contribution >= 4 is 40.4 Å². The van der Waals surface area contributed by atoms with Gasteiger partial charge in [0, 0.05) is 5.39 Å². The third kappa shape index (κ3) is 1.32. The monoisotopic (exact) mass is 246 g/mol. The van der Waals surface area contributed by atoms with Crippen molar-refractivity contribution in [3.63, 3.8) is 0 Å².